The normalized spacial score (nSPS) is 14.1. The van der Waals surface area contributed by atoms with Crippen molar-refractivity contribution >= 4 is 10.1 Å². The second-order valence-corrected chi connectivity index (χ2v) is 7.67. The van der Waals surface area contributed by atoms with Crippen LogP contribution in [-0.2, 0) is 26.9 Å². The highest BCUT2D eigenvalue weighted by Crippen LogP contribution is 2.40. The summed E-state index contributed by atoms with van der Waals surface area (Å²) in [6.07, 6.45) is -5.37. The van der Waals surface area contributed by atoms with Gasteiger partial charge in [0.2, 0.25) is 0 Å². The number of rotatable bonds is 5. The monoisotopic (exact) mass is 358 g/mol. The maximum Gasteiger partial charge on any atom is 0.459 e. The zero-order valence-electron chi connectivity index (χ0n) is 13.0. The van der Waals surface area contributed by atoms with Crippen LogP contribution in [0.15, 0.2) is 18.2 Å². The lowest BCUT2D eigenvalue weighted by Gasteiger charge is -2.26. The predicted octanol–water partition coefficient (Wildman–Crippen LogP) is 3.88. The fourth-order valence-electron chi connectivity index (χ4n) is 1.92. The van der Waals surface area contributed by atoms with Crippen molar-refractivity contribution in [2.75, 3.05) is 0 Å². The van der Waals surface area contributed by atoms with Gasteiger partial charge in [-0.25, -0.2) is 0 Å². The molecule has 23 heavy (non-hydrogen) atoms. The van der Waals surface area contributed by atoms with Gasteiger partial charge in [-0.3, -0.25) is 4.55 Å². The summed E-state index contributed by atoms with van der Waals surface area (Å²) in [5.41, 5.74) is 1.19. The molecule has 1 N–H and O–H groups in total. The summed E-state index contributed by atoms with van der Waals surface area (Å²) in [7, 11) is -6.32. The molecule has 0 aliphatic heterocycles. The zero-order valence-corrected chi connectivity index (χ0v) is 13.8. The smallest absolute Gasteiger partial charge is 0.310 e. The summed E-state index contributed by atoms with van der Waals surface area (Å²) in [6.45, 7) is 6.24. The minimum Gasteiger partial charge on any atom is -0.310 e. The molecule has 0 saturated carbocycles. The van der Waals surface area contributed by atoms with E-state index >= 15 is 0 Å². The summed E-state index contributed by atoms with van der Waals surface area (Å²) in [6, 6.07) is 4.74. The fourth-order valence-corrected chi connectivity index (χ4v) is 2.28. The fraction of sp³-hybridized carbons (Fsp3) is 0.571. The van der Waals surface area contributed by atoms with Crippen LogP contribution >= 0.6 is 0 Å². The molecular formula is C14H18F4O4S. The summed E-state index contributed by atoms with van der Waals surface area (Å²) >= 11 is 0. The molecule has 0 fully saturated rings. The molecule has 9 heteroatoms. The van der Waals surface area contributed by atoms with Crippen molar-refractivity contribution in [1.82, 2.24) is 0 Å². The van der Waals surface area contributed by atoms with Crippen LogP contribution in [0.2, 0.25) is 0 Å². The van der Waals surface area contributed by atoms with Crippen LogP contribution in [0.25, 0.3) is 0 Å². The van der Waals surface area contributed by atoms with Gasteiger partial charge >= 0.3 is 21.5 Å². The molecule has 0 amide bonds. The Labute approximate surface area is 132 Å². The van der Waals surface area contributed by atoms with Crippen molar-refractivity contribution in [3.05, 3.63) is 34.9 Å². The minimum atomic E-state index is -6.32. The number of alkyl halides is 4. The van der Waals surface area contributed by atoms with Gasteiger partial charge in [0.15, 0.2) is 0 Å². The third-order valence-electron chi connectivity index (χ3n) is 3.15. The van der Waals surface area contributed by atoms with E-state index in [0.29, 0.717) is 5.56 Å². The van der Waals surface area contributed by atoms with E-state index in [1.807, 2.05) is 0 Å². The standard InChI is InChI=1S/C14H18F4O4S/c1-9-5-6-10(11(7-9)12(2,3)4)8-22-13(15,16)14(17,18)23(19,20)21/h5-7H,8H2,1-4H3,(H,19,20,21). The van der Waals surface area contributed by atoms with E-state index in [-0.39, 0.29) is 5.56 Å². The topological polar surface area (TPSA) is 63.6 Å². The number of aryl methyl sites for hydroxylation is 1. The quantitative estimate of drug-likeness (QED) is 0.641. The van der Waals surface area contributed by atoms with Gasteiger partial charge in [0.25, 0.3) is 0 Å². The number of halogens is 4. The van der Waals surface area contributed by atoms with E-state index < -0.39 is 33.5 Å². The molecule has 1 aromatic carbocycles. The Morgan fingerprint density at radius 1 is 1.13 bits per heavy atom. The first-order valence-electron chi connectivity index (χ1n) is 6.56. The molecule has 0 unspecified atom stereocenters. The van der Waals surface area contributed by atoms with Crippen molar-refractivity contribution in [3.8, 4) is 0 Å². The van der Waals surface area contributed by atoms with Crippen LogP contribution in [0.5, 0.6) is 0 Å². The molecule has 0 aliphatic carbocycles. The lowest BCUT2D eigenvalue weighted by Crippen LogP contribution is -2.48. The average Bonchev–Trinajstić information content (AvgIpc) is 2.34. The highest BCUT2D eigenvalue weighted by molar-refractivity contribution is 7.86. The number of benzene rings is 1. The Hall–Kier alpha value is -1.19. The Morgan fingerprint density at radius 3 is 2.09 bits per heavy atom. The van der Waals surface area contributed by atoms with Gasteiger partial charge in [0.05, 0.1) is 6.61 Å². The molecule has 0 bridgehead atoms. The van der Waals surface area contributed by atoms with Gasteiger partial charge in [-0.1, -0.05) is 44.5 Å². The average molecular weight is 358 g/mol. The SMILES string of the molecule is Cc1ccc(COC(F)(F)C(F)(F)S(=O)(=O)O)c(C(C)(C)C)c1. The maximum atomic E-state index is 13.4. The second-order valence-electron chi connectivity index (χ2n) is 6.21. The highest BCUT2D eigenvalue weighted by Gasteiger charge is 2.67. The summed E-state index contributed by atoms with van der Waals surface area (Å²) < 4.78 is 85.9. The maximum absolute atomic E-state index is 13.4. The first-order valence-corrected chi connectivity index (χ1v) is 8.00. The van der Waals surface area contributed by atoms with Crippen LogP contribution in [0, 0.1) is 6.92 Å². The van der Waals surface area contributed by atoms with Gasteiger partial charge in [-0.05, 0) is 23.5 Å². The Kier molecular flexibility index (Phi) is 5.20. The largest absolute Gasteiger partial charge is 0.459 e. The van der Waals surface area contributed by atoms with Gasteiger partial charge in [0.1, 0.15) is 0 Å². The van der Waals surface area contributed by atoms with E-state index in [1.165, 1.54) is 6.07 Å². The Morgan fingerprint density at radius 2 is 1.65 bits per heavy atom. The molecule has 1 rings (SSSR count). The van der Waals surface area contributed by atoms with E-state index in [1.54, 1.807) is 39.8 Å². The van der Waals surface area contributed by atoms with Gasteiger partial charge in [0, 0.05) is 0 Å². The second kappa shape index (κ2) is 6.03. The third-order valence-corrected chi connectivity index (χ3v) is 4.03. The summed E-state index contributed by atoms with van der Waals surface area (Å²) in [5, 5.41) is -5.74. The molecule has 0 heterocycles. The first kappa shape index (κ1) is 19.9. The summed E-state index contributed by atoms with van der Waals surface area (Å²) in [4.78, 5) is 0. The molecule has 132 valence electrons. The Balaban J connectivity index is 3.12. The molecule has 0 radical (unpaired) electrons. The predicted molar refractivity (Wildman–Crippen MR) is 76.1 cm³/mol. The van der Waals surface area contributed by atoms with Crippen molar-refractivity contribution in [2.24, 2.45) is 0 Å². The van der Waals surface area contributed by atoms with E-state index in [9.17, 15) is 26.0 Å². The molecule has 4 nitrogen and oxygen atoms in total. The highest BCUT2D eigenvalue weighted by atomic mass is 32.2. The molecule has 0 aromatic heterocycles. The molecule has 0 saturated heterocycles. The van der Waals surface area contributed by atoms with Crippen LogP contribution in [0.3, 0.4) is 0 Å². The van der Waals surface area contributed by atoms with Crippen molar-refractivity contribution in [1.29, 1.82) is 0 Å². The minimum absolute atomic E-state index is 0.217. The lowest BCUT2D eigenvalue weighted by molar-refractivity contribution is -0.323. The third kappa shape index (κ3) is 4.21. The van der Waals surface area contributed by atoms with Crippen LogP contribution in [-0.4, -0.2) is 24.3 Å². The molecule has 0 atom stereocenters. The lowest BCUT2D eigenvalue weighted by atomic mass is 9.83. The van der Waals surface area contributed by atoms with E-state index in [2.05, 4.69) is 4.74 Å². The number of hydrogen-bond donors (Lipinski definition) is 1. The first-order chi connectivity index (χ1) is 10.1. The van der Waals surface area contributed by atoms with Gasteiger partial charge < -0.3 is 4.74 Å². The molecule has 0 aliphatic rings. The van der Waals surface area contributed by atoms with Gasteiger partial charge in [-0.2, -0.15) is 26.0 Å². The van der Waals surface area contributed by atoms with Crippen LogP contribution in [0.1, 0.15) is 37.5 Å². The van der Waals surface area contributed by atoms with Crippen molar-refractivity contribution in [2.45, 2.75) is 51.1 Å². The summed E-state index contributed by atoms with van der Waals surface area (Å²) in [5.74, 6) is 0. The van der Waals surface area contributed by atoms with Crippen molar-refractivity contribution in [3.63, 3.8) is 0 Å². The number of ether oxygens (including phenoxy) is 1. The molecule has 0 spiro atoms. The van der Waals surface area contributed by atoms with Crippen LogP contribution < -0.4 is 0 Å². The van der Waals surface area contributed by atoms with Gasteiger partial charge in [-0.15, -0.1) is 0 Å². The van der Waals surface area contributed by atoms with E-state index in [4.69, 9.17) is 4.55 Å². The van der Waals surface area contributed by atoms with Crippen LogP contribution in [0.4, 0.5) is 17.6 Å². The number of hydrogen-bond acceptors (Lipinski definition) is 3. The Bertz CT molecular complexity index is 679. The van der Waals surface area contributed by atoms with E-state index in [0.717, 1.165) is 5.56 Å². The van der Waals surface area contributed by atoms with Crippen molar-refractivity contribution < 1.29 is 35.3 Å². The molecular weight excluding hydrogens is 340 g/mol. The zero-order chi connectivity index (χ0) is 18.3. The molecule has 1 aromatic rings.